The molecule has 29 heavy (non-hydrogen) atoms. The quantitative estimate of drug-likeness (QED) is 0.520. The molecule has 0 radical (unpaired) electrons. The standard InChI is InChI=1S/C22H21NO4S2/c1-4-17(21(25)26)27-18-8-6-5-7-15(18)12-19-20(24)23(22(28)29-19)16-10-9-13(2)14(3)11-16/h5-12,17H,4H2,1-3H3,(H,25,26)/b19-12+. The molecule has 1 saturated heterocycles. The molecule has 1 fully saturated rings. The van der Waals surface area contributed by atoms with E-state index in [1.165, 1.54) is 16.7 Å². The summed E-state index contributed by atoms with van der Waals surface area (Å²) in [6.45, 7) is 5.75. The maximum atomic E-state index is 13.0. The summed E-state index contributed by atoms with van der Waals surface area (Å²) in [6, 6.07) is 12.8. The van der Waals surface area contributed by atoms with E-state index in [2.05, 4.69) is 0 Å². The summed E-state index contributed by atoms with van der Waals surface area (Å²) in [6.07, 6.45) is 1.08. The minimum Gasteiger partial charge on any atom is -0.479 e. The Morgan fingerprint density at radius 3 is 2.62 bits per heavy atom. The van der Waals surface area contributed by atoms with Gasteiger partial charge in [0.25, 0.3) is 5.91 Å². The first-order chi connectivity index (χ1) is 13.8. The molecular weight excluding hydrogens is 406 g/mol. The van der Waals surface area contributed by atoms with Crippen LogP contribution in [0.4, 0.5) is 5.69 Å². The van der Waals surface area contributed by atoms with Crippen molar-refractivity contribution >= 4 is 51.9 Å². The SMILES string of the molecule is CCC(Oc1ccccc1/C=C1/SC(=S)N(c2ccc(C)c(C)c2)C1=O)C(=O)O. The molecule has 3 rings (SSSR count). The molecule has 1 unspecified atom stereocenters. The lowest BCUT2D eigenvalue weighted by atomic mass is 10.1. The first-order valence-corrected chi connectivity index (χ1v) is 10.4. The van der Waals surface area contributed by atoms with Crippen molar-refractivity contribution in [3.05, 3.63) is 64.1 Å². The van der Waals surface area contributed by atoms with Gasteiger partial charge >= 0.3 is 5.97 Å². The number of carbonyl (C=O) groups is 2. The van der Waals surface area contributed by atoms with Crippen LogP contribution in [-0.2, 0) is 9.59 Å². The number of thiocarbonyl (C=S) groups is 1. The number of ether oxygens (including phenoxy) is 1. The van der Waals surface area contributed by atoms with Gasteiger partial charge in [0, 0.05) is 5.56 Å². The van der Waals surface area contributed by atoms with Crippen LogP contribution in [0.15, 0.2) is 47.4 Å². The summed E-state index contributed by atoms with van der Waals surface area (Å²) in [5.41, 5.74) is 3.59. The van der Waals surface area contributed by atoms with Crippen LogP contribution in [0.25, 0.3) is 6.08 Å². The molecule has 1 amide bonds. The maximum Gasteiger partial charge on any atom is 0.344 e. The van der Waals surface area contributed by atoms with Crippen LogP contribution in [0.3, 0.4) is 0 Å². The summed E-state index contributed by atoms with van der Waals surface area (Å²) in [5, 5.41) is 9.27. The molecule has 2 aromatic carbocycles. The number of hydrogen-bond donors (Lipinski definition) is 1. The molecule has 0 spiro atoms. The molecule has 0 aromatic heterocycles. The number of hydrogen-bond acceptors (Lipinski definition) is 5. The average molecular weight is 428 g/mol. The van der Waals surface area contributed by atoms with Crippen LogP contribution in [0.1, 0.15) is 30.0 Å². The second kappa shape index (κ2) is 8.80. The summed E-state index contributed by atoms with van der Waals surface area (Å²) in [5.74, 6) is -0.815. The number of aryl methyl sites for hydroxylation is 2. The highest BCUT2D eigenvalue weighted by molar-refractivity contribution is 8.27. The van der Waals surface area contributed by atoms with E-state index in [1.807, 2.05) is 38.1 Å². The third-order valence-electron chi connectivity index (χ3n) is 4.66. The van der Waals surface area contributed by atoms with Crippen molar-refractivity contribution in [3.8, 4) is 5.75 Å². The number of amides is 1. The van der Waals surface area contributed by atoms with Gasteiger partial charge in [-0.2, -0.15) is 0 Å². The number of thioether (sulfide) groups is 1. The molecule has 0 aliphatic carbocycles. The molecule has 1 aliphatic rings. The van der Waals surface area contributed by atoms with E-state index in [1.54, 1.807) is 31.2 Å². The van der Waals surface area contributed by atoms with Gasteiger partial charge in [0.05, 0.1) is 10.6 Å². The van der Waals surface area contributed by atoms with Crippen molar-refractivity contribution in [2.75, 3.05) is 4.90 Å². The van der Waals surface area contributed by atoms with Gasteiger partial charge < -0.3 is 9.84 Å². The van der Waals surface area contributed by atoms with Gasteiger partial charge in [-0.3, -0.25) is 9.69 Å². The normalized spacial score (nSPS) is 16.4. The van der Waals surface area contributed by atoms with E-state index in [0.29, 0.717) is 27.0 Å². The zero-order chi connectivity index (χ0) is 21.1. The Balaban J connectivity index is 1.92. The average Bonchev–Trinajstić information content (AvgIpc) is 2.96. The Morgan fingerprint density at radius 1 is 1.24 bits per heavy atom. The number of aliphatic carboxylic acids is 1. The van der Waals surface area contributed by atoms with Crippen molar-refractivity contribution in [3.63, 3.8) is 0 Å². The van der Waals surface area contributed by atoms with Crippen molar-refractivity contribution in [1.82, 2.24) is 0 Å². The number of nitrogens with zero attached hydrogens (tertiary/aromatic N) is 1. The minimum absolute atomic E-state index is 0.205. The first kappa shape index (κ1) is 21.1. The Hall–Kier alpha value is -2.64. The number of anilines is 1. The maximum absolute atomic E-state index is 13.0. The Morgan fingerprint density at radius 2 is 1.97 bits per heavy atom. The second-order valence-electron chi connectivity index (χ2n) is 6.68. The summed E-state index contributed by atoms with van der Waals surface area (Å²) >= 11 is 6.66. The van der Waals surface area contributed by atoms with E-state index < -0.39 is 12.1 Å². The van der Waals surface area contributed by atoms with Gasteiger partial charge in [-0.25, -0.2) is 4.79 Å². The number of carboxylic acids is 1. The van der Waals surface area contributed by atoms with Gasteiger partial charge in [-0.15, -0.1) is 0 Å². The Kier molecular flexibility index (Phi) is 6.39. The molecule has 1 aliphatic heterocycles. The predicted molar refractivity (Wildman–Crippen MR) is 120 cm³/mol. The monoisotopic (exact) mass is 427 g/mol. The molecule has 150 valence electrons. The Labute approximate surface area is 179 Å². The molecule has 0 bridgehead atoms. The highest BCUT2D eigenvalue weighted by Gasteiger charge is 2.33. The van der Waals surface area contributed by atoms with E-state index in [9.17, 15) is 14.7 Å². The fourth-order valence-corrected chi connectivity index (χ4v) is 4.15. The van der Waals surface area contributed by atoms with Crippen LogP contribution < -0.4 is 9.64 Å². The number of carboxylic acid groups (broad SMARTS) is 1. The Bertz CT molecular complexity index is 1020. The summed E-state index contributed by atoms with van der Waals surface area (Å²) in [4.78, 5) is 26.3. The molecule has 1 N–H and O–H groups in total. The lowest BCUT2D eigenvalue weighted by Gasteiger charge is -2.16. The second-order valence-corrected chi connectivity index (χ2v) is 8.35. The number of rotatable bonds is 6. The van der Waals surface area contributed by atoms with Crippen molar-refractivity contribution in [1.29, 1.82) is 0 Å². The fraction of sp³-hybridized carbons (Fsp3) is 0.227. The van der Waals surface area contributed by atoms with Crippen molar-refractivity contribution in [2.24, 2.45) is 0 Å². The van der Waals surface area contributed by atoms with Gasteiger partial charge in [-0.1, -0.05) is 55.2 Å². The lowest BCUT2D eigenvalue weighted by molar-refractivity contribution is -0.145. The third-order valence-corrected chi connectivity index (χ3v) is 5.97. The van der Waals surface area contributed by atoms with Crippen molar-refractivity contribution < 1.29 is 19.4 Å². The van der Waals surface area contributed by atoms with Gasteiger partial charge in [0.15, 0.2) is 10.4 Å². The van der Waals surface area contributed by atoms with E-state index in [4.69, 9.17) is 17.0 Å². The molecule has 0 saturated carbocycles. The predicted octanol–water partition coefficient (Wildman–Crippen LogP) is 4.95. The number of para-hydroxylation sites is 1. The first-order valence-electron chi connectivity index (χ1n) is 9.15. The molecule has 5 nitrogen and oxygen atoms in total. The molecular formula is C22H21NO4S2. The molecule has 1 heterocycles. The van der Waals surface area contributed by atoms with Gasteiger partial charge in [0.2, 0.25) is 0 Å². The molecule has 1 atom stereocenters. The number of benzene rings is 2. The zero-order valence-corrected chi connectivity index (χ0v) is 18.0. The lowest BCUT2D eigenvalue weighted by Crippen LogP contribution is -2.27. The number of carbonyl (C=O) groups excluding carboxylic acids is 1. The summed E-state index contributed by atoms with van der Waals surface area (Å²) < 4.78 is 6.12. The van der Waals surface area contributed by atoms with E-state index in [-0.39, 0.29) is 5.91 Å². The third kappa shape index (κ3) is 4.52. The largest absolute Gasteiger partial charge is 0.479 e. The van der Waals surface area contributed by atoms with Crippen LogP contribution in [0.5, 0.6) is 5.75 Å². The highest BCUT2D eigenvalue weighted by atomic mass is 32.2. The molecule has 2 aromatic rings. The fourth-order valence-electron chi connectivity index (χ4n) is 2.86. The van der Waals surface area contributed by atoms with Gasteiger partial charge in [0.1, 0.15) is 5.75 Å². The zero-order valence-electron chi connectivity index (χ0n) is 16.3. The van der Waals surface area contributed by atoms with Crippen LogP contribution in [0, 0.1) is 13.8 Å². The minimum atomic E-state index is -1.02. The smallest absolute Gasteiger partial charge is 0.344 e. The van der Waals surface area contributed by atoms with E-state index in [0.717, 1.165) is 16.8 Å². The van der Waals surface area contributed by atoms with E-state index >= 15 is 0 Å². The highest BCUT2D eigenvalue weighted by Crippen LogP contribution is 2.37. The van der Waals surface area contributed by atoms with Crippen LogP contribution in [0.2, 0.25) is 0 Å². The van der Waals surface area contributed by atoms with Gasteiger partial charge in [-0.05, 0) is 55.7 Å². The van der Waals surface area contributed by atoms with Crippen LogP contribution in [-0.4, -0.2) is 27.4 Å². The molecule has 7 heteroatoms. The van der Waals surface area contributed by atoms with Crippen molar-refractivity contribution in [2.45, 2.75) is 33.3 Å². The topological polar surface area (TPSA) is 66.8 Å². The summed E-state index contributed by atoms with van der Waals surface area (Å²) in [7, 11) is 0. The van der Waals surface area contributed by atoms with Crippen LogP contribution >= 0.6 is 24.0 Å².